The van der Waals surface area contributed by atoms with E-state index in [2.05, 4.69) is 24.0 Å². The number of carbonyl (C=O) groups is 1. The molecule has 3 aliphatic rings. The van der Waals surface area contributed by atoms with Crippen LogP contribution < -0.4 is 9.64 Å². The van der Waals surface area contributed by atoms with Crippen molar-refractivity contribution in [2.45, 2.75) is 30.3 Å². The van der Waals surface area contributed by atoms with E-state index in [4.69, 9.17) is 9.15 Å². The molecule has 0 atom stereocenters. The maximum absolute atomic E-state index is 13.4. The quantitative estimate of drug-likeness (QED) is 0.693. The van der Waals surface area contributed by atoms with Gasteiger partial charge >= 0.3 is 0 Å². The van der Waals surface area contributed by atoms with E-state index in [1.165, 1.54) is 29.2 Å². The molecule has 0 saturated carbocycles. The molecule has 1 amide bonds. The fourth-order valence-corrected chi connectivity index (χ4v) is 8.47. The molecule has 1 aliphatic carbocycles. The molecule has 1 aromatic heterocycles. The van der Waals surface area contributed by atoms with Gasteiger partial charge in [-0.3, -0.25) is 4.79 Å². The highest BCUT2D eigenvalue weighted by Gasteiger charge is 2.45. The largest absolute Gasteiger partial charge is 0.497 e. The topological polar surface area (TPSA) is 45.9 Å². The van der Waals surface area contributed by atoms with Gasteiger partial charge in [0, 0.05) is 60.9 Å². The van der Waals surface area contributed by atoms with E-state index in [1.54, 1.807) is 7.11 Å². The molecule has 5 nitrogen and oxygen atoms in total. The lowest BCUT2D eigenvalue weighted by Gasteiger charge is -2.36. The van der Waals surface area contributed by atoms with Crippen LogP contribution in [0.3, 0.4) is 0 Å². The van der Waals surface area contributed by atoms with E-state index < -0.39 is 0 Å². The Kier molecular flexibility index (Phi) is 5.44. The smallest absolute Gasteiger partial charge is 0.289 e. The number of hydrogen-bond acceptors (Lipinski definition) is 6. The summed E-state index contributed by atoms with van der Waals surface area (Å²) in [6, 6.07) is 8.13. The van der Waals surface area contributed by atoms with Crippen molar-refractivity contribution in [1.29, 1.82) is 0 Å². The van der Waals surface area contributed by atoms with Gasteiger partial charge in [0.2, 0.25) is 0 Å². The predicted molar refractivity (Wildman–Crippen MR) is 124 cm³/mol. The van der Waals surface area contributed by atoms with Crippen molar-refractivity contribution in [2.24, 2.45) is 0 Å². The summed E-state index contributed by atoms with van der Waals surface area (Å²) in [5.41, 5.74) is 3.57. The number of amides is 1. The average molecular weight is 445 g/mol. The van der Waals surface area contributed by atoms with Crippen molar-refractivity contribution in [2.75, 3.05) is 49.7 Å². The van der Waals surface area contributed by atoms with E-state index >= 15 is 0 Å². The van der Waals surface area contributed by atoms with Crippen LogP contribution in [-0.4, -0.2) is 55.6 Å². The van der Waals surface area contributed by atoms with Crippen molar-refractivity contribution < 1.29 is 13.9 Å². The molecule has 2 aliphatic heterocycles. The number of rotatable bonds is 3. The normalized spacial score (nSPS) is 20.5. The van der Waals surface area contributed by atoms with E-state index in [0.717, 1.165) is 43.0 Å². The number of piperazine rings is 1. The number of methoxy groups -OCH3 is 1. The van der Waals surface area contributed by atoms with Gasteiger partial charge in [-0.2, -0.15) is 0 Å². The Balaban J connectivity index is 1.31. The lowest BCUT2D eigenvalue weighted by atomic mass is 9.94. The molecule has 0 radical (unpaired) electrons. The molecular formula is C23H28N2O3S2. The zero-order chi connectivity index (χ0) is 20.7. The highest BCUT2D eigenvalue weighted by atomic mass is 32.2. The molecule has 3 heterocycles. The third-order valence-corrected chi connectivity index (χ3v) is 9.99. The first kappa shape index (κ1) is 20.2. The summed E-state index contributed by atoms with van der Waals surface area (Å²) >= 11 is 4.09. The Labute approximate surface area is 186 Å². The van der Waals surface area contributed by atoms with Gasteiger partial charge in [-0.15, -0.1) is 23.5 Å². The zero-order valence-corrected chi connectivity index (χ0v) is 19.2. The van der Waals surface area contributed by atoms with Crippen LogP contribution in [0.15, 0.2) is 28.7 Å². The number of ether oxygens (including phenoxy) is 1. The summed E-state index contributed by atoms with van der Waals surface area (Å²) in [4.78, 5) is 17.6. The van der Waals surface area contributed by atoms with Crippen LogP contribution >= 0.6 is 23.5 Å². The van der Waals surface area contributed by atoms with Crippen LogP contribution in [0.5, 0.6) is 5.75 Å². The Morgan fingerprint density at radius 2 is 1.80 bits per heavy atom. The van der Waals surface area contributed by atoms with Crippen LogP contribution in [0.25, 0.3) is 0 Å². The minimum Gasteiger partial charge on any atom is -0.497 e. The fraction of sp³-hybridized carbons (Fsp3) is 0.522. The lowest BCUT2D eigenvalue weighted by molar-refractivity contribution is 0.0711. The first-order valence-electron chi connectivity index (χ1n) is 10.7. The number of thioether (sulfide) groups is 2. The van der Waals surface area contributed by atoms with Gasteiger partial charge in [0.25, 0.3) is 5.91 Å². The molecule has 2 saturated heterocycles. The van der Waals surface area contributed by atoms with Gasteiger partial charge in [-0.25, -0.2) is 0 Å². The molecule has 0 bridgehead atoms. The minimum atomic E-state index is 0.0550. The third-order valence-electron chi connectivity index (χ3n) is 6.46. The molecular weight excluding hydrogens is 416 g/mol. The molecule has 30 heavy (non-hydrogen) atoms. The second-order valence-corrected chi connectivity index (χ2v) is 11.2. The zero-order valence-electron chi connectivity index (χ0n) is 17.6. The molecule has 5 rings (SSSR count). The van der Waals surface area contributed by atoms with E-state index in [0.29, 0.717) is 18.8 Å². The van der Waals surface area contributed by atoms with Crippen LogP contribution in [0.2, 0.25) is 0 Å². The number of furan rings is 1. The van der Waals surface area contributed by atoms with Gasteiger partial charge in [-0.1, -0.05) is 0 Å². The first-order valence-corrected chi connectivity index (χ1v) is 12.7. The van der Waals surface area contributed by atoms with Gasteiger partial charge < -0.3 is 19.0 Å². The maximum Gasteiger partial charge on any atom is 0.289 e. The van der Waals surface area contributed by atoms with Gasteiger partial charge in [-0.05, 0) is 44.0 Å². The molecule has 0 N–H and O–H groups in total. The molecule has 2 fully saturated rings. The summed E-state index contributed by atoms with van der Waals surface area (Å²) < 4.78 is 11.6. The van der Waals surface area contributed by atoms with Gasteiger partial charge in [0.15, 0.2) is 5.76 Å². The molecule has 7 heteroatoms. The SMILES string of the molecule is COc1ccc(N2CCN(C(=O)c3oc4c(c3C)C3(CCC4)SCCS3)CC2)cc1. The van der Waals surface area contributed by atoms with E-state index in [1.807, 2.05) is 40.6 Å². The number of fused-ring (bicyclic) bond motifs is 2. The number of carbonyl (C=O) groups excluding carboxylic acids is 1. The summed E-state index contributed by atoms with van der Waals surface area (Å²) in [6.07, 6.45) is 3.29. The molecule has 0 unspecified atom stereocenters. The summed E-state index contributed by atoms with van der Waals surface area (Å²) in [7, 11) is 1.68. The average Bonchev–Trinajstić information content (AvgIpc) is 3.39. The Hall–Kier alpha value is -1.73. The predicted octanol–water partition coefficient (Wildman–Crippen LogP) is 4.53. The number of benzene rings is 1. The molecule has 160 valence electrons. The number of anilines is 1. The number of nitrogens with zero attached hydrogens (tertiary/aromatic N) is 2. The van der Waals surface area contributed by atoms with Crippen LogP contribution in [0, 0.1) is 6.92 Å². The van der Waals surface area contributed by atoms with Crippen LogP contribution in [0.1, 0.15) is 40.3 Å². The molecule has 1 aromatic carbocycles. The first-order chi connectivity index (χ1) is 14.6. The fourth-order valence-electron chi connectivity index (χ4n) is 4.91. The van der Waals surface area contributed by atoms with Crippen molar-refractivity contribution >= 4 is 35.1 Å². The third kappa shape index (κ3) is 3.40. The van der Waals surface area contributed by atoms with Gasteiger partial charge in [0.1, 0.15) is 11.5 Å². The monoisotopic (exact) mass is 444 g/mol. The maximum atomic E-state index is 13.4. The second kappa shape index (κ2) is 8.08. The highest BCUT2D eigenvalue weighted by Crippen LogP contribution is 2.59. The van der Waals surface area contributed by atoms with Crippen LogP contribution in [0.4, 0.5) is 5.69 Å². The molecule has 1 spiro atoms. The number of aryl methyl sites for hydroxylation is 1. The van der Waals surface area contributed by atoms with Crippen LogP contribution in [-0.2, 0) is 10.5 Å². The van der Waals surface area contributed by atoms with E-state index in [9.17, 15) is 4.79 Å². The van der Waals surface area contributed by atoms with Crippen molar-refractivity contribution in [3.63, 3.8) is 0 Å². The summed E-state index contributed by atoms with van der Waals surface area (Å²) in [5, 5.41) is 0. The highest BCUT2D eigenvalue weighted by molar-refractivity contribution is 8.20. The van der Waals surface area contributed by atoms with Crippen molar-refractivity contribution in [1.82, 2.24) is 4.90 Å². The lowest BCUT2D eigenvalue weighted by Crippen LogP contribution is -2.48. The Morgan fingerprint density at radius 1 is 1.10 bits per heavy atom. The van der Waals surface area contributed by atoms with Gasteiger partial charge in [0.05, 0.1) is 11.2 Å². The van der Waals surface area contributed by atoms with Crippen molar-refractivity contribution in [3.8, 4) is 5.75 Å². The summed E-state index contributed by atoms with van der Waals surface area (Å²) in [6.45, 7) is 5.17. The van der Waals surface area contributed by atoms with E-state index in [-0.39, 0.29) is 9.99 Å². The molecule has 2 aromatic rings. The minimum absolute atomic E-state index is 0.0550. The Bertz CT molecular complexity index is 927. The summed E-state index contributed by atoms with van der Waals surface area (Å²) in [5.74, 6) is 4.92. The number of hydrogen-bond donors (Lipinski definition) is 0. The second-order valence-electron chi connectivity index (χ2n) is 8.14. The standard InChI is InChI=1S/C23H28N2O3S2/c1-16-20-19(4-3-9-23(20)29-14-15-30-23)28-21(16)22(26)25-12-10-24(11-13-25)17-5-7-18(27-2)8-6-17/h5-8H,3-4,9-15H2,1-2H3. The Morgan fingerprint density at radius 3 is 2.47 bits per heavy atom. The van der Waals surface area contributed by atoms with Crippen molar-refractivity contribution in [3.05, 3.63) is 46.9 Å².